The molecule has 0 bridgehead atoms. The first-order valence-corrected chi connectivity index (χ1v) is 9.52. The second-order valence-corrected chi connectivity index (χ2v) is 6.66. The summed E-state index contributed by atoms with van der Waals surface area (Å²) in [5, 5.41) is 12.7. The Morgan fingerprint density at radius 3 is 2.69 bits per heavy atom. The number of nitrogens with zero attached hydrogens (tertiary/aromatic N) is 1. The molecule has 1 aliphatic heterocycles. The summed E-state index contributed by atoms with van der Waals surface area (Å²) in [5.74, 6) is -0.0752. The number of hydrogen-bond donors (Lipinski definition) is 1. The highest BCUT2D eigenvalue weighted by molar-refractivity contribution is 8.03. The van der Waals surface area contributed by atoms with Gasteiger partial charge in [-0.2, -0.15) is 5.26 Å². The Balaban J connectivity index is 2.18. The summed E-state index contributed by atoms with van der Waals surface area (Å²) in [7, 11) is 0. The number of allylic oxidation sites excluding steroid dienone is 1. The quantitative estimate of drug-likeness (QED) is 0.704. The van der Waals surface area contributed by atoms with E-state index in [1.807, 2.05) is 38.1 Å². The number of rotatable bonds is 8. The van der Waals surface area contributed by atoms with Crippen molar-refractivity contribution in [2.75, 3.05) is 19.0 Å². The molecule has 138 valence electrons. The Morgan fingerprint density at radius 2 is 2.08 bits per heavy atom. The van der Waals surface area contributed by atoms with E-state index in [1.54, 1.807) is 0 Å². The largest absolute Gasteiger partial charge is 0.494 e. The number of nitrogens with one attached hydrogen (secondary N) is 1. The maximum absolute atomic E-state index is 12.1. The summed E-state index contributed by atoms with van der Waals surface area (Å²) in [6.45, 7) is 4.76. The Bertz CT molecular complexity index is 722. The molecule has 0 saturated carbocycles. The average molecular weight is 374 g/mol. The minimum absolute atomic E-state index is 0.0524. The van der Waals surface area contributed by atoms with E-state index >= 15 is 0 Å². The van der Waals surface area contributed by atoms with E-state index in [1.165, 1.54) is 0 Å². The zero-order valence-electron chi connectivity index (χ0n) is 14.9. The van der Waals surface area contributed by atoms with Crippen molar-refractivity contribution < 1.29 is 19.1 Å². The molecule has 0 saturated heterocycles. The minimum atomic E-state index is -0.362. The van der Waals surface area contributed by atoms with E-state index in [0.29, 0.717) is 23.8 Å². The Morgan fingerprint density at radius 1 is 1.35 bits per heavy atom. The summed E-state index contributed by atoms with van der Waals surface area (Å²) < 4.78 is 10.5. The monoisotopic (exact) mass is 374 g/mol. The molecule has 1 aromatic carbocycles. The second-order valence-electron chi connectivity index (χ2n) is 5.67. The van der Waals surface area contributed by atoms with Gasteiger partial charge in [0.15, 0.2) is 0 Å². The van der Waals surface area contributed by atoms with Crippen molar-refractivity contribution in [3.05, 3.63) is 40.4 Å². The lowest BCUT2D eigenvalue weighted by atomic mass is 9.87. The van der Waals surface area contributed by atoms with Gasteiger partial charge in [-0.05, 0) is 31.0 Å². The van der Waals surface area contributed by atoms with Crippen LogP contribution in [0.3, 0.4) is 0 Å². The van der Waals surface area contributed by atoms with Gasteiger partial charge in [0.05, 0.1) is 35.6 Å². The molecule has 1 atom stereocenters. The molecular formula is C19H22N2O4S. The summed E-state index contributed by atoms with van der Waals surface area (Å²) in [6, 6.07) is 9.58. The third kappa shape index (κ3) is 5.27. The van der Waals surface area contributed by atoms with Crippen molar-refractivity contribution in [1.82, 2.24) is 5.32 Å². The number of hydrogen-bond acceptors (Lipinski definition) is 6. The van der Waals surface area contributed by atoms with Gasteiger partial charge in [0.25, 0.3) is 0 Å². The van der Waals surface area contributed by atoms with Crippen LogP contribution < -0.4 is 10.1 Å². The molecule has 1 aliphatic rings. The number of amides is 1. The molecule has 0 radical (unpaired) electrons. The van der Waals surface area contributed by atoms with Gasteiger partial charge in [-0.3, -0.25) is 9.59 Å². The Hall–Kier alpha value is -2.46. The molecule has 2 rings (SSSR count). The van der Waals surface area contributed by atoms with Crippen molar-refractivity contribution in [1.29, 1.82) is 5.26 Å². The molecule has 0 spiro atoms. The fraction of sp³-hybridized carbons (Fsp3) is 0.421. The van der Waals surface area contributed by atoms with Crippen LogP contribution in [0.4, 0.5) is 0 Å². The van der Waals surface area contributed by atoms with E-state index in [2.05, 4.69) is 11.4 Å². The fourth-order valence-electron chi connectivity index (χ4n) is 2.57. The van der Waals surface area contributed by atoms with E-state index in [9.17, 15) is 14.9 Å². The van der Waals surface area contributed by atoms with Crippen LogP contribution in [0.2, 0.25) is 0 Å². The zero-order valence-corrected chi connectivity index (χ0v) is 15.7. The molecule has 1 heterocycles. The van der Waals surface area contributed by atoms with Crippen molar-refractivity contribution in [2.45, 2.75) is 32.6 Å². The molecule has 1 amide bonds. The molecule has 6 nitrogen and oxygen atoms in total. The van der Waals surface area contributed by atoms with Crippen LogP contribution in [0.15, 0.2) is 34.9 Å². The number of nitriles is 1. The Labute approximate surface area is 157 Å². The standard InChI is InChI=1S/C19H22N2O4S/c1-3-9-25-18(23)12-26-19-16(11-20)15(10-17(22)21-19)13-5-7-14(8-6-13)24-4-2/h5-8,15H,3-4,9-10,12H2,1-2H3,(H,21,22)/t15-/m0/s1. The number of benzene rings is 1. The van der Waals surface area contributed by atoms with Crippen molar-refractivity contribution >= 4 is 23.6 Å². The zero-order chi connectivity index (χ0) is 18.9. The molecular weight excluding hydrogens is 352 g/mol. The summed E-state index contributed by atoms with van der Waals surface area (Å²) in [4.78, 5) is 23.8. The molecule has 0 aromatic heterocycles. The molecule has 1 N–H and O–H groups in total. The van der Waals surface area contributed by atoms with Crippen molar-refractivity contribution in [3.63, 3.8) is 0 Å². The molecule has 0 unspecified atom stereocenters. The summed E-state index contributed by atoms with van der Waals surface area (Å²) in [5.41, 5.74) is 1.33. The summed E-state index contributed by atoms with van der Waals surface area (Å²) >= 11 is 1.13. The van der Waals surface area contributed by atoms with E-state index in [-0.39, 0.29) is 30.0 Å². The summed E-state index contributed by atoms with van der Waals surface area (Å²) in [6.07, 6.45) is 0.945. The average Bonchev–Trinajstić information content (AvgIpc) is 2.65. The predicted octanol–water partition coefficient (Wildman–Crippen LogP) is 3.11. The highest BCUT2D eigenvalue weighted by atomic mass is 32.2. The fourth-order valence-corrected chi connectivity index (χ4v) is 3.44. The van der Waals surface area contributed by atoms with Gasteiger partial charge >= 0.3 is 5.97 Å². The van der Waals surface area contributed by atoms with Gasteiger partial charge in [0, 0.05) is 12.3 Å². The molecule has 26 heavy (non-hydrogen) atoms. The van der Waals surface area contributed by atoms with Crippen LogP contribution in [-0.2, 0) is 14.3 Å². The maximum Gasteiger partial charge on any atom is 0.316 e. The molecule has 0 fully saturated rings. The van der Waals surface area contributed by atoms with Gasteiger partial charge in [0.1, 0.15) is 5.75 Å². The lowest BCUT2D eigenvalue weighted by Crippen LogP contribution is -2.31. The first-order valence-electron chi connectivity index (χ1n) is 8.54. The molecule has 7 heteroatoms. The van der Waals surface area contributed by atoms with E-state index < -0.39 is 0 Å². The van der Waals surface area contributed by atoms with Crippen LogP contribution in [0.5, 0.6) is 5.75 Å². The predicted molar refractivity (Wildman–Crippen MR) is 99.5 cm³/mol. The minimum Gasteiger partial charge on any atom is -0.494 e. The third-order valence-corrected chi connectivity index (χ3v) is 4.74. The number of carbonyl (C=O) groups excluding carboxylic acids is 2. The maximum atomic E-state index is 12.1. The van der Waals surface area contributed by atoms with Gasteiger partial charge in [0.2, 0.25) is 5.91 Å². The normalized spacial score (nSPS) is 16.7. The highest BCUT2D eigenvalue weighted by Crippen LogP contribution is 2.36. The van der Waals surface area contributed by atoms with Crippen LogP contribution in [0, 0.1) is 11.3 Å². The van der Waals surface area contributed by atoms with Crippen LogP contribution >= 0.6 is 11.8 Å². The molecule has 0 aliphatic carbocycles. The van der Waals surface area contributed by atoms with Gasteiger partial charge in [-0.25, -0.2) is 0 Å². The van der Waals surface area contributed by atoms with E-state index in [4.69, 9.17) is 9.47 Å². The van der Waals surface area contributed by atoms with Crippen molar-refractivity contribution in [3.8, 4) is 11.8 Å². The van der Waals surface area contributed by atoms with Gasteiger partial charge < -0.3 is 14.8 Å². The first-order chi connectivity index (χ1) is 12.6. The van der Waals surface area contributed by atoms with Crippen LogP contribution in [0.1, 0.15) is 38.2 Å². The second kappa shape index (κ2) is 9.88. The smallest absolute Gasteiger partial charge is 0.316 e. The van der Waals surface area contributed by atoms with Gasteiger partial charge in [-0.15, -0.1) is 0 Å². The highest BCUT2D eigenvalue weighted by Gasteiger charge is 2.30. The van der Waals surface area contributed by atoms with Crippen molar-refractivity contribution in [2.24, 2.45) is 0 Å². The molecule has 1 aromatic rings. The van der Waals surface area contributed by atoms with Gasteiger partial charge in [-0.1, -0.05) is 30.8 Å². The van der Waals surface area contributed by atoms with Crippen LogP contribution in [-0.4, -0.2) is 30.8 Å². The first kappa shape index (κ1) is 19.9. The number of ether oxygens (including phenoxy) is 2. The lowest BCUT2D eigenvalue weighted by Gasteiger charge is -2.25. The lowest BCUT2D eigenvalue weighted by molar-refractivity contribution is -0.140. The number of carbonyl (C=O) groups is 2. The Kier molecular flexibility index (Phi) is 7.54. The topological polar surface area (TPSA) is 88.4 Å². The SMILES string of the molecule is CCCOC(=O)CSC1=C(C#N)[C@H](c2ccc(OCC)cc2)CC(=O)N1. The van der Waals surface area contributed by atoms with Crippen LogP contribution in [0.25, 0.3) is 0 Å². The van der Waals surface area contributed by atoms with E-state index in [0.717, 1.165) is 29.5 Å². The number of thioether (sulfide) groups is 1. The third-order valence-electron chi connectivity index (χ3n) is 3.75. The number of esters is 1.